The lowest BCUT2D eigenvalue weighted by atomic mass is 10.1. The van der Waals surface area contributed by atoms with Crippen LogP contribution in [0.25, 0.3) is 0 Å². The molecule has 3 heterocycles. The standard InChI is InChI=1S/C17H26N4O2S/c1-20-8-3-14(4-9-20)19-17(23)18-7-2-16(22)21-10-5-15-13(12-21)6-11-24-15/h6,11,14H,2-5,7-10,12H2,1H3,(H2,18,19,23). The minimum absolute atomic E-state index is 0.117. The van der Waals surface area contributed by atoms with E-state index in [0.29, 0.717) is 19.5 Å². The molecule has 2 aliphatic rings. The Morgan fingerprint density at radius 1 is 1.29 bits per heavy atom. The molecule has 132 valence electrons. The van der Waals surface area contributed by atoms with Crippen molar-refractivity contribution >= 4 is 23.3 Å². The summed E-state index contributed by atoms with van der Waals surface area (Å²) >= 11 is 1.77. The normalized spacial score (nSPS) is 19.0. The number of amides is 3. The summed E-state index contributed by atoms with van der Waals surface area (Å²) in [6.07, 6.45) is 3.28. The summed E-state index contributed by atoms with van der Waals surface area (Å²) < 4.78 is 0. The molecular weight excluding hydrogens is 324 g/mol. The first-order valence-electron chi connectivity index (χ1n) is 8.68. The Hall–Kier alpha value is -1.60. The Bertz CT molecular complexity index is 581. The van der Waals surface area contributed by atoms with E-state index in [4.69, 9.17) is 0 Å². The second-order valence-corrected chi connectivity index (χ2v) is 7.66. The number of rotatable bonds is 4. The van der Waals surface area contributed by atoms with Crippen LogP contribution in [0.2, 0.25) is 0 Å². The van der Waals surface area contributed by atoms with E-state index in [1.54, 1.807) is 11.3 Å². The molecule has 7 heteroatoms. The molecule has 0 unspecified atom stereocenters. The van der Waals surface area contributed by atoms with Gasteiger partial charge in [0.2, 0.25) is 5.91 Å². The van der Waals surface area contributed by atoms with Gasteiger partial charge in [-0.15, -0.1) is 11.3 Å². The molecule has 0 aromatic carbocycles. The highest BCUT2D eigenvalue weighted by atomic mass is 32.1. The van der Waals surface area contributed by atoms with E-state index in [0.717, 1.165) is 38.9 Å². The summed E-state index contributed by atoms with van der Waals surface area (Å²) in [5.74, 6) is 0.117. The van der Waals surface area contributed by atoms with Gasteiger partial charge in [0.05, 0.1) is 0 Å². The van der Waals surface area contributed by atoms with Gasteiger partial charge in [0.15, 0.2) is 0 Å². The number of carbonyl (C=O) groups excluding carboxylic acids is 2. The van der Waals surface area contributed by atoms with E-state index in [-0.39, 0.29) is 18.0 Å². The first-order chi connectivity index (χ1) is 11.6. The molecule has 1 saturated heterocycles. The zero-order valence-corrected chi connectivity index (χ0v) is 15.0. The molecule has 0 aliphatic carbocycles. The van der Waals surface area contributed by atoms with Crippen LogP contribution in [0, 0.1) is 0 Å². The maximum Gasteiger partial charge on any atom is 0.315 e. The van der Waals surface area contributed by atoms with Crippen molar-refractivity contribution in [2.75, 3.05) is 33.2 Å². The van der Waals surface area contributed by atoms with Gasteiger partial charge in [-0.05, 0) is 56.4 Å². The molecular formula is C17H26N4O2S. The van der Waals surface area contributed by atoms with Crippen LogP contribution >= 0.6 is 11.3 Å². The number of hydrogen-bond acceptors (Lipinski definition) is 4. The van der Waals surface area contributed by atoms with E-state index in [2.05, 4.69) is 34.0 Å². The van der Waals surface area contributed by atoms with Crippen LogP contribution in [-0.2, 0) is 17.8 Å². The number of carbonyl (C=O) groups is 2. The van der Waals surface area contributed by atoms with Gasteiger partial charge in [0, 0.05) is 37.0 Å². The first-order valence-corrected chi connectivity index (χ1v) is 9.55. The van der Waals surface area contributed by atoms with Crippen LogP contribution in [0.5, 0.6) is 0 Å². The van der Waals surface area contributed by atoms with Gasteiger partial charge in [-0.1, -0.05) is 0 Å². The van der Waals surface area contributed by atoms with E-state index in [1.807, 2.05) is 4.90 Å². The third kappa shape index (κ3) is 4.48. The predicted octanol–water partition coefficient (Wildman–Crippen LogP) is 1.42. The molecule has 0 spiro atoms. The monoisotopic (exact) mass is 350 g/mol. The fraction of sp³-hybridized carbons (Fsp3) is 0.647. The van der Waals surface area contributed by atoms with Crippen molar-refractivity contribution in [2.24, 2.45) is 0 Å². The van der Waals surface area contributed by atoms with Crippen LogP contribution < -0.4 is 10.6 Å². The first kappa shape index (κ1) is 17.2. The van der Waals surface area contributed by atoms with Gasteiger partial charge >= 0.3 is 6.03 Å². The van der Waals surface area contributed by atoms with Crippen molar-refractivity contribution < 1.29 is 9.59 Å². The van der Waals surface area contributed by atoms with Gasteiger partial charge in [-0.25, -0.2) is 4.79 Å². The fourth-order valence-corrected chi connectivity index (χ4v) is 4.18. The highest BCUT2D eigenvalue weighted by molar-refractivity contribution is 7.10. The molecule has 1 aromatic rings. The van der Waals surface area contributed by atoms with Crippen molar-refractivity contribution in [2.45, 2.75) is 38.3 Å². The fourth-order valence-electron chi connectivity index (χ4n) is 3.29. The largest absolute Gasteiger partial charge is 0.338 e. The quantitative estimate of drug-likeness (QED) is 0.863. The molecule has 0 radical (unpaired) electrons. The van der Waals surface area contributed by atoms with E-state index in [9.17, 15) is 9.59 Å². The molecule has 6 nitrogen and oxygen atoms in total. The Morgan fingerprint density at radius 3 is 2.88 bits per heavy atom. The summed E-state index contributed by atoms with van der Waals surface area (Å²) in [6, 6.07) is 2.19. The number of fused-ring (bicyclic) bond motifs is 1. The molecule has 1 aromatic heterocycles. The number of likely N-dealkylation sites (tertiary alicyclic amines) is 1. The number of piperidine rings is 1. The summed E-state index contributed by atoms with van der Waals surface area (Å²) in [6.45, 7) is 3.92. The summed E-state index contributed by atoms with van der Waals surface area (Å²) in [5.41, 5.74) is 1.27. The highest BCUT2D eigenvalue weighted by Gasteiger charge is 2.22. The van der Waals surface area contributed by atoms with E-state index >= 15 is 0 Å². The average Bonchev–Trinajstić information content (AvgIpc) is 3.04. The zero-order chi connectivity index (χ0) is 16.9. The Labute approximate surface area is 147 Å². The highest BCUT2D eigenvalue weighted by Crippen LogP contribution is 2.24. The summed E-state index contributed by atoms with van der Waals surface area (Å²) in [4.78, 5) is 29.8. The average molecular weight is 350 g/mol. The van der Waals surface area contributed by atoms with E-state index in [1.165, 1.54) is 10.4 Å². The molecule has 24 heavy (non-hydrogen) atoms. The summed E-state index contributed by atoms with van der Waals surface area (Å²) in [7, 11) is 2.10. The molecule has 1 fully saturated rings. The van der Waals surface area contributed by atoms with Gasteiger partial charge in [-0.2, -0.15) is 0 Å². The topological polar surface area (TPSA) is 64.7 Å². The van der Waals surface area contributed by atoms with E-state index < -0.39 is 0 Å². The number of thiophene rings is 1. The number of nitrogens with one attached hydrogen (secondary N) is 2. The van der Waals surface area contributed by atoms with Crippen molar-refractivity contribution in [1.82, 2.24) is 20.4 Å². The maximum absolute atomic E-state index is 12.3. The zero-order valence-electron chi connectivity index (χ0n) is 14.2. The second-order valence-electron chi connectivity index (χ2n) is 6.66. The van der Waals surface area contributed by atoms with Gasteiger partial charge in [0.25, 0.3) is 0 Å². The SMILES string of the molecule is CN1CCC(NC(=O)NCCC(=O)N2CCc3sccc3C2)CC1. The molecule has 2 aliphatic heterocycles. The summed E-state index contributed by atoms with van der Waals surface area (Å²) in [5, 5.41) is 7.91. The number of nitrogens with zero attached hydrogens (tertiary/aromatic N) is 2. The van der Waals surface area contributed by atoms with Gasteiger partial charge in [-0.3, -0.25) is 4.79 Å². The van der Waals surface area contributed by atoms with Crippen LogP contribution in [-0.4, -0.2) is 61.0 Å². The molecule has 3 amide bonds. The number of hydrogen-bond donors (Lipinski definition) is 2. The predicted molar refractivity (Wildman–Crippen MR) is 95.1 cm³/mol. The lowest BCUT2D eigenvalue weighted by molar-refractivity contribution is -0.131. The van der Waals surface area contributed by atoms with Crippen LogP contribution in [0.15, 0.2) is 11.4 Å². The van der Waals surface area contributed by atoms with Crippen LogP contribution in [0.3, 0.4) is 0 Å². The van der Waals surface area contributed by atoms with Crippen LogP contribution in [0.1, 0.15) is 29.7 Å². The van der Waals surface area contributed by atoms with Gasteiger partial charge in [0.1, 0.15) is 0 Å². The Morgan fingerprint density at radius 2 is 2.08 bits per heavy atom. The van der Waals surface area contributed by atoms with Crippen molar-refractivity contribution in [1.29, 1.82) is 0 Å². The van der Waals surface area contributed by atoms with Crippen LogP contribution in [0.4, 0.5) is 4.79 Å². The maximum atomic E-state index is 12.3. The molecule has 2 N–H and O–H groups in total. The molecule has 0 saturated carbocycles. The molecule has 0 bridgehead atoms. The van der Waals surface area contributed by atoms with Gasteiger partial charge < -0.3 is 20.4 Å². The Kier molecular flexibility index (Phi) is 5.73. The smallest absolute Gasteiger partial charge is 0.315 e. The molecule has 3 rings (SSSR count). The lowest BCUT2D eigenvalue weighted by Gasteiger charge is -2.29. The number of urea groups is 1. The van der Waals surface area contributed by atoms with Crippen molar-refractivity contribution in [3.8, 4) is 0 Å². The van der Waals surface area contributed by atoms with Crippen molar-refractivity contribution in [3.05, 3.63) is 21.9 Å². The molecule has 0 atom stereocenters. The second kappa shape index (κ2) is 7.98. The third-order valence-electron chi connectivity index (χ3n) is 4.84. The third-order valence-corrected chi connectivity index (χ3v) is 5.86. The Balaban J connectivity index is 1.34. The lowest BCUT2D eigenvalue weighted by Crippen LogP contribution is -2.47. The minimum atomic E-state index is -0.156. The van der Waals surface area contributed by atoms with Crippen molar-refractivity contribution in [3.63, 3.8) is 0 Å². The minimum Gasteiger partial charge on any atom is -0.338 e.